The molecule has 2 rings (SSSR count). The lowest BCUT2D eigenvalue weighted by Gasteiger charge is -2.31. The smallest absolute Gasteiger partial charge is 0.340 e. The molecule has 1 aliphatic heterocycles. The summed E-state index contributed by atoms with van der Waals surface area (Å²) in [6, 6.07) is 6.71. The second kappa shape index (κ2) is 7.03. The van der Waals surface area contributed by atoms with Crippen LogP contribution in [0.1, 0.15) is 44.5 Å². The Morgan fingerprint density at radius 2 is 1.96 bits per heavy atom. The molecule has 1 aliphatic rings. The number of nitrogens with zero attached hydrogens (tertiary/aromatic N) is 1. The third kappa shape index (κ3) is 3.93. The predicted molar refractivity (Wildman–Crippen MR) is 90.6 cm³/mol. The molecular formula is C18H24N2O4. The van der Waals surface area contributed by atoms with Crippen LogP contribution in [0.15, 0.2) is 24.3 Å². The van der Waals surface area contributed by atoms with Crippen molar-refractivity contribution in [2.45, 2.75) is 39.7 Å². The minimum Gasteiger partial charge on any atom is -0.462 e. The molecule has 1 heterocycles. The standard InChI is InChI=1S/C18H24N2O4/c1-5-24-17(23)13-8-6-7-9-14(13)19-16(22)12-10-15(21)20(11-12)18(2,3)4/h6-9,12H,5,10-11H2,1-4H3,(H,19,22)/t12-/m1/s1. The Balaban J connectivity index is 2.11. The van der Waals surface area contributed by atoms with Crippen molar-refractivity contribution >= 4 is 23.5 Å². The zero-order valence-corrected chi connectivity index (χ0v) is 14.6. The average Bonchev–Trinajstić information content (AvgIpc) is 2.90. The number of para-hydroxylation sites is 1. The molecule has 6 heteroatoms. The first-order valence-corrected chi connectivity index (χ1v) is 8.11. The maximum atomic E-state index is 12.5. The molecule has 0 spiro atoms. The van der Waals surface area contributed by atoms with Crippen molar-refractivity contribution in [3.8, 4) is 0 Å². The lowest BCUT2D eigenvalue weighted by atomic mass is 10.1. The van der Waals surface area contributed by atoms with Crippen LogP contribution in [0.25, 0.3) is 0 Å². The number of hydrogen-bond acceptors (Lipinski definition) is 4. The molecule has 0 unspecified atom stereocenters. The number of rotatable bonds is 4. The molecule has 1 atom stereocenters. The number of carbonyl (C=O) groups is 3. The lowest BCUT2D eigenvalue weighted by Crippen LogP contribution is -2.42. The molecular weight excluding hydrogens is 308 g/mol. The van der Waals surface area contributed by atoms with E-state index >= 15 is 0 Å². The minimum absolute atomic E-state index is 0.0265. The number of esters is 1. The van der Waals surface area contributed by atoms with Crippen molar-refractivity contribution in [1.82, 2.24) is 4.90 Å². The van der Waals surface area contributed by atoms with E-state index in [-0.39, 0.29) is 30.4 Å². The first-order chi connectivity index (χ1) is 11.2. The summed E-state index contributed by atoms with van der Waals surface area (Å²) in [6.07, 6.45) is 0.185. The van der Waals surface area contributed by atoms with Gasteiger partial charge in [0.2, 0.25) is 11.8 Å². The van der Waals surface area contributed by atoms with Crippen LogP contribution in [0.4, 0.5) is 5.69 Å². The summed E-state index contributed by atoms with van der Waals surface area (Å²) in [5, 5.41) is 2.77. The van der Waals surface area contributed by atoms with Crippen molar-refractivity contribution in [2.75, 3.05) is 18.5 Å². The van der Waals surface area contributed by atoms with Crippen molar-refractivity contribution < 1.29 is 19.1 Å². The molecule has 0 aliphatic carbocycles. The van der Waals surface area contributed by atoms with Gasteiger partial charge in [-0.1, -0.05) is 12.1 Å². The third-order valence-electron chi connectivity index (χ3n) is 3.99. The summed E-state index contributed by atoms with van der Waals surface area (Å²) < 4.78 is 5.00. The number of hydrogen-bond donors (Lipinski definition) is 1. The molecule has 1 saturated heterocycles. The first-order valence-electron chi connectivity index (χ1n) is 8.11. The van der Waals surface area contributed by atoms with E-state index in [2.05, 4.69) is 5.32 Å². The van der Waals surface area contributed by atoms with Gasteiger partial charge >= 0.3 is 5.97 Å². The van der Waals surface area contributed by atoms with Gasteiger partial charge in [0.05, 0.1) is 23.8 Å². The normalized spacial score (nSPS) is 17.8. The fraction of sp³-hybridized carbons (Fsp3) is 0.500. The van der Waals surface area contributed by atoms with Gasteiger partial charge in [0.1, 0.15) is 0 Å². The molecule has 2 amide bonds. The van der Waals surface area contributed by atoms with Crippen molar-refractivity contribution in [3.63, 3.8) is 0 Å². The summed E-state index contributed by atoms with van der Waals surface area (Å²) in [5.41, 5.74) is 0.405. The number of likely N-dealkylation sites (tertiary alicyclic amines) is 1. The molecule has 1 aromatic rings. The molecule has 130 valence electrons. The number of carbonyl (C=O) groups excluding carboxylic acids is 3. The average molecular weight is 332 g/mol. The number of nitrogens with one attached hydrogen (secondary N) is 1. The van der Waals surface area contributed by atoms with Crippen LogP contribution in [-0.4, -0.2) is 41.4 Å². The van der Waals surface area contributed by atoms with Crippen LogP contribution in [0.3, 0.4) is 0 Å². The zero-order chi connectivity index (χ0) is 17.9. The highest BCUT2D eigenvalue weighted by Gasteiger charge is 2.39. The first kappa shape index (κ1) is 18.0. The highest BCUT2D eigenvalue weighted by Crippen LogP contribution is 2.27. The summed E-state index contributed by atoms with van der Waals surface area (Å²) >= 11 is 0. The molecule has 0 radical (unpaired) electrons. The summed E-state index contributed by atoms with van der Waals surface area (Å²) in [4.78, 5) is 38.3. The van der Waals surface area contributed by atoms with Gasteiger partial charge in [0.25, 0.3) is 0 Å². The molecule has 1 N–H and O–H groups in total. The molecule has 1 aromatic carbocycles. The van der Waals surface area contributed by atoms with Crippen LogP contribution < -0.4 is 5.32 Å². The molecule has 0 aromatic heterocycles. The number of amides is 2. The summed E-state index contributed by atoms with van der Waals surface area (Å²) in [6.45, 7) is 8.21. The van der Waals surface area contributed by atoms with Gasteiger partial charge in [-0.25, -0.2) is 4.79 Å². The van der Waals surface area contributed by atoms with E-state index in [0.29, 0.717) is 17.8 Å². The Morgan fingerprint density at radius 3 is 2.54 bits per heavy atom. The van der Waals surface area contributed by atoms with Gasteiger partial charge in [0, 0.05) is 18.5 Å². The van der Waals surface area contributed by atoms with E-state index in [9.17, 15) is 14.4 Å². The van der Waals surface area contributed by atoms with Crippen LogP contribution in [0, 0.1) is 5.92 Å². The summed E-state index contributed by atoms with van der Waals surface area (Å²) in [5.74, 6) is -1.19. The Kier molecular flexibility index (Phi) is 5.26. The second-order valence-corrected chi connectivity index (χ2v) is 6.83. The van der Waals surface area contributed by atoms with E-state index in [0.717, 1.165) is 0 Å². The topological polar surface area (TPSA) is 75.7 Å². The number of anilines is 1. The van der Waals surface area contributed by atoms with E-state index in [1.54, 1.807) is 36.1 Å². The third-order valence-corrected chi connectivity index (χ3v) is 3.99. The van der Waals surface area contributed by atoms with Crippen LogP contribution >= 0.6 is 0 Å². The number of benzene rings is 1. The van der Waals surface area contributed by atoms with E-state index in [1.165, 1.54) is 0 Å². The van der Waals surface area contributed by atoms with Crippen molar-refractivity contribution in [2.24, 2.45) is 5.92 Å². The fourth-order valence-corrected chi connectivity index (χ4v) is 2.75. The molecule has 0 bridgehead atoms. The zero-order valence-electron chi connectivity index (χ0n) is 14.6. The Morgan fingerprint density at radius 1 is 1.29 bits per heavy atom. The van der Waals surface area contributed by atoms with Crippen molar-refractivity contribution in [1.29, 1.82) is 0 Å². The monoisotopic (exact) mass is 332 g/mol. The van der Waals surface area contributed by atoms with Gasteiger partial charge in [-0.05, 0) is 39.8 Å². The van der Waals surface area contributed by atoms with Gasteiger partial charge in [-0.15, -0.1) is 0 Å². The maximum Gasteiger partial charge on any atom is 0.340 e. The van der Waals surface area contributed by atoms with Crippen LogP contribution in [0.5, 0.6) is 0 Å². The van der Waals surface area contributed by atoms with E-state index in [1.807, 2.05) is 20.8 Å². The second-order valence-electron chi connectivity index (χ2n) is 6.83. The Hall–Kier alpha value is -2.37. The Bertz CT molecular complexity index is 649. The van der Waals surface area contributed by atoms with Gasteiger partial charge in [-0.2, -0.15) is 0 Å². The SMILES string of the molecule is CCOC(=O)c1ccccc1NC(=O)[C@@H]1CC(=O)N(C(C)(C)C)C1. The lowest BCUT2D eigenvalue weighted by molar-refractivity contribution is -0.131. The molecule has 1 fully saturated rings. The molecule has 24 heavy (non-hydrogen) atoms. The fourth-order valence-electron chi connectivity index (χ4n) is 2.75. The van der Waals surface area contributed by atoms with Crippen LogP contribution in [0.2, 0.25) is 0 Å². The minimum atomic E-state index is -0.479. The van der Waals surface area contributed by atoms with Gasteiger partial charge in [0.15, 0.2) is 0 Å². The van der Waals surface area contributed by atoms with E-state index in [4.69, 9.17) is 4.74 Å². The predicted octanol–water partition coefficient (Wildman–Crippen LogP) is 2.45. The molecule has 6 nitrogen and oxygen atoms in total. The quantitative estimate of drug-likeness (QED) is 0.859. The number of ether oxygens (including phenoxy) is 1. The Labute approximate surface area is 142 Å². The van der Waals surface area contributed by atoms with Gasteiger partial charge < -0.3 is 15.0 Å². The highest BCUT2D eigenvalue weighted by atomic mass is 16.5. The van der Waals surface area contributed by atoms with Gasteiger partial charge in [-0.3, -0.25) is 9.59 Å². The van der Waals surface area contributed by atoms with Crippen LogP contribution in [-0.2, 0) is 14.3 Å². The summed E-state index contributed by atoms with van der Waals surface area (Å²) in [7, 11) is 0. The molecule has 0 saturated carbocycles. The maximum absolute atomic E-state index is 12.5. The van der Waals surface area contributed by atoms with E-state index < -0.39 is 11.9 Å². The highest BCUT2D eigenvalue weighted by molar-refractivity contribution is 6.03. The van der Waals surface area contributed by atoms with Crippen molar-refractivity contribution in [3.05, 3.63) is 29.8 Å². The largest absolute Gasteiger partial charge is 0.462 e.